The van der Waals surface area contributed by atoms with Crippen LogP contribution in [0.2, 0.25) is 0 Å². The Balaban J connectivity index is 2.02. The first kappa shape index (κ1) is 13.4. The summed E-state index contributed by atoms with van der Waals surface area (Å²) in [5.41, 5.74) is 8.61. The highest BCUT2D eigenvalue weighted by atomic mass is 15.2. The molecule has 0 radical (unpaired) electrons. The van der Waals surface area contributed by atoms with E-state index in [1.54, 1.807) is 0 Å². The van der Waals surface area contributed by atoms with E-state index in [9.17, 15) is 0 Å². The molecule has 0 aromatic heterocycles. The van der Waals surface area contributed by atoms with Crippen molar-refractivity contribution < 1.29 is 0 Å². The topological polar surface area (TPSA) is 32.5 Å². The molecule has 1 aromatic carbocycles. The molecule has 1 saturated heterocycles. The Morgan fingerprint density at radius 3 is 2.50 bits per heavy atom. The first-order valence-corrected chi connectivity index (χ1v) is 6.88. The van der Waals surface area contributed by atoms with Crippen molar-refractivity contribution in [1.29, 1.82) is 0 Å². The number of nitrogens with two attached hydrogens (primary N) is 1. The third-order valence-electron chi connectivity index (χ3n) is 4.02. The summed E-state index contributed by atoms with van der Waals surface area (Å²) >= 11 is 0. The third-order valence-corrected chi connectivity index (χ3v) is 4.02. The Hall–Kier alpha value is -1.06. The number of anilines is 1. The minimum atomic E-state index is 0.173. The average Bonchev–Trinajstić information content (AvgIpc) is 2.88. The molecule has 1 aromatic rings. The van der Waals surface area contributed by atoms with Crippen LogP contribution in [0, 0.1) is 0 Å². The highest BCUT2D eigenvalue weighted by Gasteiger charge is 2.23. The average molecular weight is 247 g/mol. The van der Waals surface area contributed by atoms with Crippen LogP contribution in [-0.4, -0.2) is 38.1 Å². The molecule has 1 heterocycles. The molecule has 0 saturated carbocycles. The van der Waals surface area contributed by atoms with E-state index in [1.165, 1.54) is 17.7 Å². The Labute approximate surface area is 111 Å². The normalized spacial score (nSPS) is 21.6. The Kier molecular flexibility index (Phi) is 4.25. The summed E-state index contributed by atoms with van der Waals surface area (Å²) in [5.74, 6) is 0. The largest absolute Gasteiger partial charge is 0.370 e. The van der Waals surface area contributed by atoms with Crippen LogP contribution < -0.4 is 10.6 Å². The maximum atomic E-state index is 6.04. The molecule has 1 aliphatic rings. The summed E-state index contributed by atoms with van der Waals surface area (Å²) in [6, 6.07) is 9.62. The van der Waals surface area contributed by atoms with Crippen LogP contribution in [-0.2, 0) is 0 Å². The van der Waals surface area contributed by atoms with Crippen LogP contribution in [0.4, 0.5) is 5.69 Å². The number of hydrogen-bond acceptors (Lipinski definition) is 3. The van der Waals surface area contributed by atoms with Gasteiger partial charge in [-0.1, -0.05) is 19.1 Å². The maximum absolute atomic E-state index is 6.04. The van der Waals surface area contributed by atoms with Crippen molar-refractivity contribution in [2.45, 2.75) is 31.8 Å². The van der Waals surface area contributed by atoms with E-state index in [1.807, 2.05) is 0 Å². The van der Waals surface area contributed by atoms with Crippen molar-refractivity contribution in [3.05, 3.63) is 29.8 Å². The molecule has 2 rings (SSSR count). The molecule has 0 bridgehead atoms. The van der Waals surface area contributed by atoms with Crippen LogP contribution in [0.1, 0.15) is 31.4 Å². The Morgan fingerprint density at radius 1 is 1.33 bits per heavy atom. The van der Waals surface area contributed by atoms with Gasteiger partial charge in [-0.05, 0) is 44.6 Å². The van der Waals surface area contributed by atoms with Gasteiger partial charge in [0.15, 0.2) is 0 Å². The predicted octanol–water partition coefficient (Wildman–Crippen LogP) is 2.24. The molecule has 3 heteroatoms. The van der Waals surface area contributed by atoms with Crippen molar-refractivity contribution in [2.24, 2.45) is 5.73 Å². The number of benzene rings is 1. The molecule has 3 nitrogen and oxygen atoms in total. The van der Waals surface area contributed by atoms with Gasteiger partial charge < -0.3 is 15.5 Å². The molecule has 100 valence electrons. The highest BCUT2D eigenvalue weighted by Crippen LogP contribution is 2.24. The van der Waals surface area contributed by atoms with E-state index in [0.29, 0.717) is 6.04 Å². The monoisotopic (exact) mass is 247 g/mol. The Bertz CT molecular complexity index is 372. The van der Waals surface area contributed by atoms with Gasteiger partial charge in [0.1, 0.15) is 0 Å². The van der Waals surface area contributed by atoms with Gasteiger partial charge in [-0.3, -0.25) is 0 Å². The van der Waals surface area contributed by atoms with E-state index in [2.05, 4.69) is 55.1 Å². The van der Waals surface area contributed by atoms with Crippen molar-refractivity contribution in [1.82, 2.24) is 4.90 Å². The van der Waals surface area contributed by atoms with E-state index < -0.39 is 0 Å². The quantitative estimate of drug-likeness (QED) is 0.885. The fraction of sp³-hybridized carbons (Fsp3) is 0.600. The lowest BCUT2D eigenvalue weighted by atomic mass is 10.1. The minimum Gasteiger partial charge on any atom is -0.370 e. The van der Waals surface area contributed by atoms with Gasteiger partial charge in [0.05, 0.1) is 0 Å². The van der Waals surface area contributed by atoms with Crippen molar-refractivity contribution in [2.75, 3.05) is 32.1 Å². The third kappa shape index (κ3) is 2.85. The van der Waals surface area contributed by atoms with Crippen LogP contribution in [0.5, 0.6) is 0 Å². The summed E-state index contributed by atoms with van der Waals surface area (Å²) in [6.45, 7) is 4.41. The molecule has 0 amide bonds. The predicted molar refractivity (Wildman–Crippen MR) is 78.0 cm³/mol. The highest BCUT2D eigenvalue weighted by molar-refractivity contribution is 5.49. The summed E-state index contributed by atoms with van der Waals surface area (Å²) < 4.78 is 0. The van der Waals surface area contributed by atoms with Crippen molar-refractivity contribution in [3.8, 4) is 0 Å². The van der Waals surface area contributed by atoms with Gasteiger partial charge in [0, 0.05) is 30.9 Å². The molecule has 1 aliphatic heterocycles. The molecule has 1 fully saturated rings. The number of rotatable bonds is 4. The standard InChI is InChI=1S/C15H25N3/c1-4-15(16)12-5-7-13(8-6-12)18-10-9-14(11-18)17(2)3/h5-8,14-15H,4,9-11,16H2,1-3H3/t14?,15-/m0/s1. The van der Waals surface area contributed by atoms with Gasteiger partial charge in [-0.2, -0.15) is 0 Å². The number of likely N-dealkylation sites (N-methyl/N-ethyl adjacent to an activating group) is 1. The molecule has 0 aliphatic carbocycles. The van der Waals surface area contributed by atoms with Gasteiger partial charge >= 0.3 is 0 Å². The second-order valence-electron chi connectivity index (χ2n) is 5.46. The molecular formula is C15H25N3. The zero-order valence-corrected chi connectivity index (χ0v) is 11.8. The van der Waals surface area contributed by atoms with Crippen molar-refractivity contribution in [3.63, 3.8) is 0 Å². The first-order chi connectivity index (χ1) is 8.61. The van der Waals surface area contributed by atoms with Gasteiger partial charge in [0.25, 0.3) is 0 Å². The van der Waals surface area contributed by atoms with Gasteiger partial charge in [-0.25, -0.2) is 0 Å². The second kappa shape index (κ2) is 5.72. The molecule has 2 N–H and O–H groups in total. The lowest BCUT2D eigenvalue weighted by molar-refractivity contribution is 0.315. The van der Waals surface area contributed by atoms with Crippen LogP contribution in [0.3, 0.4) is 0 Å². The smallest absolute Gasteiger partial charge is 0.0366 e. The molecule has 2 atom stereocenters. The number of hydrogen-bond donors (Lipinski definition) is 1. The van der Waals surface area contributed by atoms with Crippen LogP contribution >= 0.6 is 0 Å². The minimum absolute atomic E-state index is 0.173. The summed E-state index contributed by atoms with van der Waals surface area (Å²) in [4.78, 5) is 4.79. The second-order valence-corrected chi connectivity index (χ2v) is 5.46. The van der Waals surface area contributed by atoms with E-state index in [-0.39, 0.29) is 6.04 Å². The molecule has 1 unspecified atom stereocenters. The lowest BCUT2D eigenvalue weighted by Gasteiger charge is -2.22. The molecule has 18 heavy (non-hydrogen) atoms. The van der Waals surface area contributed by atoms with Crippen LogP contribution in [0.15, 0.2) is 24.3 Å². The summed E-state index contributed by atoms with van der Waals surface area (Å²) in [5, 5.41) is 0. The Morgan fingerprint density at radius 2 is 2.00 bits per heavy atom. The van der Waals surface area contributed by atoms with E-state index >= 15 is 0 Å². The summed E-state index contributed by atoms with van der Waals surface area (Å²) in [6.07, 6.45) is 2.25. The summed E-state index contributed by atoms with van der Waals surface area (Å²) in [7, 11) is 4.33. The van der Waals surface area contributed by atoms with Crippen molar-refractivity contribution >= 4 is 5.69 Å². The van der Waals surface area contributed by atoms with Gasteiger partial charge in [-0.15, -0.1) is 0 Å². The fourth-order valence-corrected chi connectivity index (χ4v) is 2.57. The SMILES string of the molecule is CC[C@H](N)c1ccc(N2CCC(N(C)C)C2)cc1. The van der Waals surface area contributed by atoms with E-state index in [0.717, 1.165) is 19.5 Å². The van der Waals surface area contributed by atoms with Crippen LogP contribution in [0.25, 0.3) is 0 Å². The van der Waals surface area contributed by atoms with E-state index in [4.69, 9.17) is 5.73 Å². The number of nitrogens with zero attached hydrogens (tertiary/aromatic N) is 2. The zero-order chi connectivity index (χ0) is 13.1. The van der Waals surface area contributed by atoms with Gasteiger partial charge in [0.2, 0.25) is 0 Å². The lowest BCUT2D eigenvalue weighted by Crippen LogP contribution is -2.31. The zero-order valence-electron chi connectivity index (χ0n) is 11.8. The molecule has 0 spiro atoms. The maximum Gasteiger partial charge on any atom is 0.0366 e. The fourth-order valence-electron chi connectivity index (χ4n) is 2.57. The molecular weight excluding hydrogens is 222 g/mol. The first-order valence-electron chi connectivity index (χ1n) is 6.88.